The zero-order valence-corrected chi connectivity index (χ0v) is 8.22. The molecule has 1 aliphatic rings. The number of carbonyl (C=O) groups is 1. The largest absolute Gasteiger partial charge is 0.281 e. The summed E-state index contributed by atoms with van der Waals surface area (Å²) in [5.41, 5.74) is 0. The van der Waals surface area contributed by atoms with Gasteiger partial charge in [0.05, 0.1) is 4.48 Å². The molecule has 0 N–H and O–H groups in total. The number of halogens is 2. The Hall–Kier alpha value is 0.460. The van der Waals surface area contributed by atoms with Gasteiger partial charge in [0.15, 0.2) is 0 Å². The summed E-state index contributed by atoms with van der Waals surface area (Å²) in [6.07, 6.45) is 1.78. The minimum Gasteiger partial charge on any atom is -0.281 e. The van der Waals surface area contributed by atoms with Gasteiger partial charge in [0.2, 0.25) is 5.12 Å². The lowest BCUT2D eigenvalue weighted by Gasteiger charge is -1.82. The Kier molecular flexibility index (Phi) is 2.55. The molecule has 0 aromatic carbocycles. The number of rotatable bonds is 0. The minimum atomic E-state index is 0.0701. The lowest BCUT2D eigenvalue weighted by atomic mass is 10.5. The fourth-order valence-corrected chi connectivity index (χ4v) is 2.07. The van der Waals surface area contributed by atoms with E-state index in [-0.39, 0.29) is 5.12 Å². The summed E-state index contributed by atoms with van der Waals surface area (Å²) in [6.45, 7) is 0. The summed E-state index contributed by atoms with van der Waals surface area (Å²) in [6, 6.07) is 0. The molecule has 0 aliphatic carbocycles. The number of carbonyl (C=O) groups excluding carboxylic acids is 1. The second-order valence-corrected chi connectivity index (χ2v) is 3.75. The molecule has 1 nitrogen and oxygen atoms in total. The molecular formula is C5H2Br2OS. The molecular weight excluding hydrogens is 268 g/mol. The van der Waals surface area contributed by atoms with Crippen molar-refractivity contribution < 1.29 is 4.79 Å². The van der Waals surface area contributed by atoms with Gasteiger partial charge in [0.1, 0.15) is 0 Å². The molecule has 1 aliphatic heterocycles. The third kappa shape index (κ3) is 1.69. The van der Waals surface area contributed by atoms with Crippen LogP contribution in [-0.2, 0) is 4.79 Å². The zero-order valence-electron chi connectivity index (χ0n) is 4.23. The van der Waals surface area contributed by atoms with Gasteiger partial charge in [-0.25, -0.2) is 0 Å². The van der Waals surface area contributed by atoms with Crippen molar-refractivity contribution in [1.29, 1.82) is 0 Å². The van der Waals surface area contributed by atoms with Gasteiger partial charge in [-0.05, 0) is 38.8 Å². The van der Waals surface area contributed by atoms with Gasteiger partial charge in [0.25, 0.3) is 0 Å². The van der Waals surface area contributed by atoms with Crippen molar-refractivity contribution in [2.24, 2.45) is 0 Å². The lowest BCUT2D eigenvalue weighted by Crippen LogP contribution is -1.79. The Labute approximate surface area is 73.8 Å². The first kappa shape index (κ1) is 7.57. The van der Waals surface area contributed by atoms with Crippen LogP contribution in [0.2, 0.25) is 0 Å². The van der Waals surface area contributed by atoms with E-state index in [9.17, 15) is 4.79 Å². The Morgan fingerprint density at radius 3 is 2.56 bits per heavy atom. The Morgan fingerprint density at radius 2 is 2.33 bits per heavy atom. The quantitative estimate of drug-likeness (QED) is 0.673. The Morgan fingerprint density at radius 1 is 1.67 bits per heavy atom. The van der Waals surface area contributed by atoms with Crippen molar-refractivity contribution in [3.8, 4) is 0 Å². The maximum Gasteiger partial charge on any atom is 0.231 e. The van der Waals surface area contributed by atoms with Crippen LogP contribution in [0.3, 0.4) is 0 Å². The van der Waals surface area contributed by atoms with Crippen LogP contribution in [-0.4, -0.2) is 5.12 Å². The van der Waals surface area contributed by atoms with E-state index >= 15 is 0 Å². The van der Waals surface area contributed by atoms with E-state index in [0.29, 0.717) is 4.48 Å². The molecule has 0 amide bonds. The van der Waals surface area contributed by atoms with Crippen LogP contribution >= 0.6 is 43.6 Å². The molecule has 1 heterocycles. The van der Waals surface area contributed by atoms with Crippen molar-refractivity contribution >= 4 is 48.7 Å². The minimum absolute atomic E-state index is 0.0701. The third-order valence-corrected chi connectivity index (χ3v) is 3.31. The molecule has 48 valence electrons. The van der Waals surface area contributed by atoms with E-state index in [1.54, 1.807) is 11.1 Å². The van der Waals surface area contributed by atoms with E-state index in [1.165, 1.54) is 11.8 Å². The Balaban J connectivity index is 2.86. The second-order valence-electron chi connectivity index (χ2n) is 1.39. The summed E-state index contributed by atoms with van der Waals surface area (Å²) in [5.74, 6) is 0. The molecule has 9 heavy (non-hydrogen) atoms. The van der Waals surface area contributed by atoms with Crippen LogP contribution in [0.1, 0.15) is 0 Å². The standard InChI is InChI=1S/C5H2Br2OS/c6-2-3-1-4(7)5(8)9-3/h1-2H/b3-2+. The smallest absolute Gasteiger partial charge is 0.231 e. The first-order valence-corrected chi connectivity index (χ1v) is 4.66. The van der Waals surface area contributed by atoms with E-state index in [4.69, 9.17) is 0 Å². The van der Waals surface area contributed by atoms with E-state index in [2.05, 4.69) is 31.9 Å². The molecule has 0 aromatic heterocycles. The number of hydrogen-bond acceptors (Lipinski definition) is 2. The lowest BCUT2D eigenvalue weighted by molar-refractivity contribution is -0.107. The predicted octanol–water partition coefficient (Wildman–Crippen LogP) is 2.77. The highest BCUT2D eigenvalue weighted by Gasteiger charge is 2.16. The van der Waals surface area contributed by atoms with Crippen molar-refractivity contribution in [3.63, 3.8) is 0 Å². The highest BCUT2D eigenvalue weighted by atomic mass is 79.9. The van der Waals surface area contributed by atoms with E-state index in [0.717, 1.165) is 4.91 Å². The summed E-state index contributed by atoms with van der Waals surface area (Å²) in [4.78, 5) is 13.4. The van der Waals surface area contributed by atoms with Crippen LogP contribution in [0, 0.1) is 0 Å². The maximum absolute atomic E-state index is 10.7. The number of thioether (sulfide) groups is 1. The van der Waals surface area contributed by atoms with Gasteiger partial charge in [-0.2, -0.15) is 0 Å². The SMILES string of the molecule is O=C1S/C(=C/Br)C=C1Br. The highest BCUT2D eigenvalue weighted by molar-refractivity contribution is 9.12. The van der Waals surface area contributed by atoms with Crippen LogP contribution in [0.15, 0.2) is 20.4 Å². The summed E-state index contributed by atoms with van der Waals surface area (Å²) < 4.78 is 0.637. The monoisotopic (exact) mass is 268 g/mol. The van der Waals surface area contributed by atoms with Gasteiger partial charge in [0, 0.05) is 4.91 Å². The molecule has 0 atom stereocenters. The van der Waals surface area contributed by atoms with E-state index in [1.807, 2.05) is 0 Å². The van der Waals surface area contributed by atoms with Crippen molar-refractivity contribution in [1.82, 2.24) is 0 Å². The molecule has 0 aromatic rings. The van der Waals surface area contributed by atoms with Crippen LogP contribution in [0.5, 0.6) is 0 Å². The molecule has 0 saturated carbocycles. The van der Waals surface area contributed by atoms with Crippen LogP contribution in [0.25, 0.3) is 0 Å². The van der Waals surface area contributed by atoms with Gasteiger partial charge < -0.3 is 0 Å². The normalized spacial score (nSPS) is 23.1. The average Bonchev–Trinajstić information content (AvgIpc) is 2.13. The summed E-state index contributed by atoms with van der Waals surface area (Å²) in [5, 5.41) is 0.0701. The maximum atomic E-state index is 10.7. The molecule has 0 fully saturated rings. The van der Waals surface area contributed by atoms with Crippen LogP contribution in [0.4, 0.5) is 0 Å². The van der Waals surface area contributed by atoms with Gasteiger partial charge in [-0.15, -0.1) is 0 Å². The number of allylic oxidation sites excluding steroid dienone is 1. The van der Waals surface area contributed by atoms with Gasteiger partial charge in [-0.3, -0.25) is 4.79 Å². The third-order valence-electron chi connectivity index (χ3n) is 0.782. The van der Waals surface area contributed by atoms with Crippen molar-refractivity contribution in [3.05, 3.63) is 20.4 Å². The summed E-state index contributed by atoms with van der Waals surface area (Å²) >= 11 is 7.45. The second kappa shape index (κ2) is 3.03. The molecule has 0 unspecified atom stereocenters. The molecule has 0 saturated heterocycles. The first-order chi connectivity index (χ1) is 4.24. The number of hydrogen-bond donors (Lipinski definition) is 0. The molecule has 4 heteroatoms. The highest BCUT2D eigenvalue weighted by Crippen LogP contribution is 2.33. The van der Waals surface area contributed by atoms with Crippen LogP contribution < -0.4 is 0 Å². The molecule has 0 radical (unpaired) electrons. The van der Waals surface area contributed by atoms with Crippen molar-refractivity contribution in [2.45, 2.75) is 0 Å². The predicted molar refractivity (Wildman–Crippen MR) is 46.6 cm³/mol. The molecule has 1 rings (SSSR count). The van der Waals surface area contributed by atoms with Gasteiger partial charge >= 0.3 is 0 Å². The first-order valence-electron chi connectivity index (χ1n) is 2.14. The topological polar surface area (TPSA) is 17.1 Å². The fraction of sp³-hybridized carbons (Fsp3) is 0. The summed E-state index contributed by atoms with van der Waals surface area (Å²) in [7, 11) is 0. The fourth-order valence-electron chi connectivity index (χ4n) is 0.423. The molecule has 0 spiro atoms. The Bertz CT molecular complexity index is 207. The zero-order chi connectivity index (χ0) is 6.85. The van der Waals surface area contributed by atoms with Gasteiger partial charge in [-0.1, -0.05) is 15.9 Å². The molecule has 0 bridgehead atoms. The van der Waals surface area contributed by atoms with E-state index < -0.39 is 0 Å². The van der Waals surface area contributed by atoms with Crippen molar-refractivity contribution in [2.75, 3.05) is 0 Å². The average molecular weight is 270 g/mol.